The summed E-state index contributed by atoms with van der Waals surface area (Å²) in [6.45, 7) is 0. The Morgan fingerprint density at radius 3 is 3.03 bits per heavy atom. The zero-order chi connectivity index (χ0) is 20.6. The predicted octanol–water partition coefficient (Wildman–Crippen LogP) is 2.83. The lowest BCUT2D eigenvalue weighted by Crippen LogP contribution is -2.14. The quantitative estimate of drug-likeness (QED) is 0.253. The molecule has 0 aliphatic carbocycles. The van der Waals surface area contributed by atoms with Crippen molar-refractivity contribution >= 4 is 35.5 Å². The maximum atomic E-state index is 13.1. The highest BCUT2D eigenvalue weighted by atomic mass is 32.2. The Bertz CT molecular complexity index is 1030. The molecule has 0 atom stereocenters. The van der Waals surface area contributed by atoms with Crippen LogP contribution in [-0.4, -0.2) is 45.3 Å². The van der Waals surface area contributed by atoms with E-state index in [4.69, 9.17) is 4.74 Å². The van der Waals surface area contributed by atoms with Crippen molar-refractivity contribution in [2.24, 2.45) is 5.10 Å². The number of hydrazone groups is 1. The number of ether oxygens (including phenoxy) is 1. The summed E-state index contributed by atoms with van der Waals surface area (Å²) in [6, 6.07) is 10.4. The zero-order valence-electron chi connectivity index (χ0n) is 15.2. The summed E-state index contributed by atoms with van der Waals surface area (Å²) in [5.41, 5.74) is 3.48. The molecule has 0 spiro atoms. The van der Waals surface area contributed by atoms with Gasteiger partial charge in [-0.1, -0.05) is 17.8 Å². The SMILES string of the molecule is COc1ccc(O)c(/C=N/Nc2nc(SCC(=O)Nc3cccc(F)c3)n[nH]2)c1. The predicted molar refractivity (Wildman–Crippen MR) is 108 cm³/mol. The van der Waals surface area contributed by atoms with Gasteiger partial charge in [0.1, 0.15) is 17.3 Å². The topological polar surface area (TPSA) is 125 Å². The van der Waals surface area contributed by atoms with Crippen LogP contribution in [0.2, 0.25) is 0 Å². The first-order valence-corrected chi connectivity index (χ1v) is 9.29. The number of methoxy groups -OCH3 is 1. The van der Waals surface area contributed by atoms with Gasteiger partial charge in [-0.05, 0) is 36.4 Å². The second kappa shape index (κ2) is 9.55. The van der Waals surface area contributed by atoms with Crippen molar-refractivity contribution < 1.29 is 19.0 Å². The Morgan fingerprint density at radius 2 is 2.24 bits per heavy atom. The van der Waals surface area contributed by atoms with Gasteiger partial charge in [0.2, 0.25) is 17.0 Å². The molecule has 3 aromatic rings. The molecule has 0 radical (unpaired) electrons. The molecule has 9 nitrogen and oxygen atoms in total. The lowest BCUT2D eigenvalue weighted by atomic mass is 10.2. The van der Waals surface area contributed by atoms with Gasteiger partial charge in [-0.15, -0.1) is 5.10 Å². The van der Waals surface area contributed by atoms with E-state index in [0.717, 1.165) is 11.8 Å². The summed E-state index contributed by atoms with van der Waals surface area (Å²) in [5, 5.41) is 23.3. The summed E-state index contributed by atoms with van der Waals surface area (Å²) in [5.74, 6) is 0.203. The van der Waals surface area contributed by atoms with E-state index >= 15 is 0 Å². The van der Waals surface area contributed by atoms with Gasteiger partial charge in [-0.2, -0.15) is 10.1 Å². The van der Waals surface area contributed by atoms with E-state index < -0.39 is 5.82 Å². The van der Waals surface area contributed by atoms with Crippen LogP contribution >= 0.6 is 11.8 Å². The minimum atomic E-state index is -0.428. The third kappa shape index (κ3) is 5.94. The van der Waals surface area contributed by atoms with Crippen LogP contribution in [0.25, 0.3) is 0 Å². The number of carbonyl (C=O) groups is 1. The fraction of sp³-hybridized carbons (Fsp3) is 0.111. The summed E-state index contributed by atoms with van der Waals surface area (Å²) in [4.78, 5) is 16.1. The minimum Gasteiger partial charge on any atom is -0.507 e. The van der Waals surface area contributed by atoms with Crippen LogP contribution in [0.1, 0.15) is 5.56 Å². The number of anilines is 2. The summed E-state index contributed by atoms with van der Waals surface area (Å²) < 4.78 is 18.2. The number of carbonyl (C=O) groups excluding carboxylic acids is 1. The number of hydrogen-bond donors (Lipinski definition) is 4. The van der Waals surface area contributed by atoms with Gasteiger partial charge in [0.15, 0.2) is 0 Å². The molecular formula is C18H17FN6O3S. The fourth-order valence-electron chi connectivity index (χ4n) is 2.18. The van der Waals surface area contributed by atoms with Gasteiger partial charge in [-0.25, -0.2) is 14.9 Å². The number of halogens is 1. The molecule has 1 aromatic heterocycles. The number of benzene rings is 2. The van der Waals surface area contributed by atoms with Crippen LogP contribution in [0.3, 0.4) is 0 Å². The smallest absolute Gasteiger partial charge is 0.240 e. The third-order valence-electron chi connectivity index (χ3n) is 3.51. The molecule has 150 valence electrons. The van der Waals surface area contributed by atoms with Gasteiger partial charge in [0, 0.05) is 11.3 Å². The first-order valence-electron chi connectivity index (χ1n) is 8.30. The number of rotatable bonds is 8. The Labute approximate surface area is 169 Å². The highest BCUT2D eigenvalue weighted by Gasteiger charge is 2.08. The third-order valence-corrected chi connectivity index (χ3v) is 4.36. The summed E-state index contributed by atoms with van der Waals surface area (Å²) in [6.07, 6.45) is 1.40. The minimum absolute atomic E-state index is 0.0504. The summed E-state index contributed by atoms with van der Waals surface area (Å²) >= 11 is 1.10. The number of aromatic amines is 1. The van der Waals surface area contributed by atoms with E-state index in [1.165, 1.54) is 37.6 Å². The molecule has 29 heavy (non-hydrogen) atoms. The first kappa shape index (κ1) is 20.1. The van der Waals surface area contributed by atoms with Crippen LogP contribution in [0.5, 0.6) is 11.5 Å². The molecule has 0 aliphatic heterocycles. The number of amides is 1. The van der Waals surface area contributed by atoms with Crippen molar-refractivity contribution in [2.75, 3.05) is 23.6 Å². The standard InChI is InChI=1S/C18H17FN6O3S/c1-28-14-5-6-15(26)11(7-14)9-20-23-17-22-18(25-24-17)29-10-16(27)21-13-4-2-3-12(19)8-13/h2-9,26H,10H2,1H3,(H,21,27)(H2,22,23,24,25)/b20-9+. The maximum absolute atomic E-state index is 13.1. The Kier molecular flexibility index (Phi) is 6.63. The Balaban J connectivity index is 1.50. The zero-order valence-corrected chi connectivity index (χ0v) is 16.0. The van der Waals surface area contributed by atoms with Gasteiger partial charge in [0.25, 0.3) is 0 Å². The number of phenols is 1. The van der Waals surface area contributed by atoms with Crippen LogP contribution in [0.4, 0.5) is 16.0 Å². The van der Waals surface area contributed by atoms with Gasteiger partial charge in [0.05, 0.1) is 19.1 Å². The number of aromatic hydroxyl groups is 1. The largest absolute Gasteiger partial charge is 0.507 e. The number of phenolic OH excluding ortho intramolecular Hbond substituents is 1. The molecule has 0 saturated carbocycles. The number of nitrogens with one attached hydrogen (secondary N) is 3. The van der Waals surface area contributed by atoms with Crippen LogP contribution < -0.4 is 15.5 Å². The van der Waals surface area contributed by atoms with Crippen molar-refractivity contribution in [3.05, 3.63) is 53.8 Å². The molecular weight excluding hydrogens is 399 g/mol. The Hall–Kier alpha value is -3.60. The molecule has 0 bridgehead atoms. The van der Waals surface area contributed by atoms with Crippen molar-refractivity contribution in [3.63, 3.8) is 0 Å². The Morgan fingerprint density at radius 1 is 1.38 bits per heavy atom. The molecule has 11 heteroatoms. The van der Waals surface area contributed by atoms with Gasteiger partial charge >= 0.3 is 0 Å². The average Bonchev–Trinajstić information content (AvgIpc) is 3.16. The molecule has 3 rings (SSSR count). The lowest BCUT2D eigenvalue weighted by molar-refractivity contribution is -0.113. The van der Waals surface area contributed by atoms with Crippen molar-refractivity contribution in [3.8, 4) is 11.5 Å². The van der Waals surface area contributed by atoms with Gasteiger partial charge in [-0.3, -0.25) is 4.79 Å². The normalized spacial score (nSPS) is 10.8. The molecule has 4 N–H and O–H groups in total. The van der Waals surface area contributed by atoms with Crippen LogP contribution in [0.15, 0.2) is 52.7 Å². The van der Waals surface area contributed by atoms with E-state index in [0.29, 0.717) is 22.2 Å². The highest BCUT2D eigenvalue weighted by molar-refractivity contribution is 7.99. The second-order valence-electron chi connectivity index (χ2n) is 5.61. The van der Waals surface area contributed by atoms with E-state index in [9.17, 15) is 14.3 Å². The first-order chi connectivity index (χ1) is 14.0. The molecule has 2 aromatic carbocycles. The second-order valence-corrected chi connectivity index (χ2v) is 6.55. The number of nitrogens with zero attached hydrogens (tertiary/aromatic N) is 3. The number of H-pyrrole nitrogens is 1. The highest BCUT2D eigenvalue weighted by Crippen LogP contribution is 2.21. The number of thioether (sulfide) groups is 1. The van der Waals surface area contributed by atoms with E-state index in [-0.39, 0.29) is 23.4 Å². The number of hydrogen-bond acceptors (Lipinski definition) is 8. The van der Waals surface area contributed by atoms with Crippen LogP contribution in [0, 0.1) is 5.82 Å². The molecule has 0 unspecified atom stereocenters. The molecule has 1 amide bonds. The number of aromatic nitrogens is 3. The summed E-state index contributed by atoms with van der Waals surface area (Å²) in [7, 11) is 1.53. The maximum Gasteiger partial charge on any atom is 0.240 e. The van der Waals surface area contributed by atoms with Crippen molar-refractivity contribution in [2.45, 2.75) is 5.16 Å². The van der Waals surface area contributed by atoms with Crippen molar-refractivity contribution in [1.29, 1.82) is 0 Å². The van der Waals surface area contributed by atoms with E-state index in [1.807, 2.05) is 0 Å². The molecule has 1 heterocycles. The fourth-order valence-corrected chi connectivity index (χ4v) is 2.78. The molecule has 0 aliphatic rings. The van der Waals surface area contributed by atoms with Crippen LogP contribution in [-0.2, 0) is 4.79 Å². The van der Waals surface area contributed by atoms with E-state index in [2.05, 4.69) is 31.0 Å². The van der Waals surface area contributed by atoms with Gasteiger partial charge < -0.3 is 15.2 Å². The molecule has 0 saturated heterocycles. The van der Waals surface area contributed by atoms with Crippen molar-refractivity contribution in [1.82, 2.24) is 15.2 Å². The monoisotopic (exact) mass is 416 g/mol. The van der Waals surface area contributed by atoms with E-state index in [1.54, 1.807) is 18.2 Å². The average molecular weight is 416 g/mol. The lowest BCUT2D eigenvalue weighted by Gasteiger charge is -2.03. The molecule has 0 fully saturated rings.